The molecule has 0 saturated carbocycles. The Balaban J connectivity index is 1.48. The molecule has 2 aliphatic heterocycles. The molecule has 20 heavy (non-hydrogen) atoms. The van der Waals surface area contributed by atoms with Crippen molar-refractivity contribution in [1.29, 1.82) is 0 Å². The lowest BCUT2D eigenvalue weighted by atomic mass is 9.94. The van der Waals surface area contributed by atoms with Gasteiger partial charge in [-0.05, 0) is 56.1 Å². The topological polar surface area (TPSA) is 24.5 Å². The summed E-state index contributed by atoms with van der Waals surface area (Å²) in [5.41, 5.74) is 2.82. The molecule has 2 heterocycles. The summed E-state index contributed by atoms with van der Waals surface area (Å²) in [5, 5.41) is 3.75. The number of likely N-dealkylation sites (tertiary alicyclic amines) is 1. The number of nitrogens with one attached hydrogen (secondary N) is 1. The molecule has 0 aromatic heterocycles. The number of hydrogen-bond acceptors (Lipinski definition) is 3. The molecule has 0 amide bonds. The summed E-state index contributed by atoms with van der Waals surface area (Å²) in [6, 6.07) is 7.35. The van der Waals surface area contributed by atoms with E-state index in [1.165, 1.54) is 30.6 Å². The largest absolute Gasteiger partial charge is 0.493 e. The van der Waals surface area contributed by atoms with E-state index in [9.17, 15) is 0 Å². The van der Waals surface area contributed by atoms with Gasteiger partial charge in [-0.3, -0.25) is 0 Å². The minimum absolute atomic E-state index is 0.684. The highest BCUT2D eigenvalue weighted by Gasteiger charge is 2.23. The van der Waals surface area contributed by atoms with E-state index in [2.05, 4.69) is 42.4 Å². The average molecular weight is 274 g/mol. The van der Waals surface area contributed by atoms with E-state index >= 15 is 0 Å². The SMILES string of the molecule is CC1CN(C)CCC1NCCc1ccc2c(c1)CCO2. The second kappa shape index (κ2) is 6.15. The van der Waals surface area contributed by atoms with Crippen molar-refractivity contribution in [3.8, 4) is 5.75 Å². The van der Waals surface area contributed by atoms with Crippen LogP contribution in [0.5, 0.6) is 5.75 Å². The Labute approximate surface area is 122 Å². The fourth-order valence-electron chi connectivity index (χ4n) is 3.45. The van der Waals surface area contributed by atoms with Gasteiger partial charge in [0.25, 0.3) is 0 Å². The van der Waals surface area contributed by atoms with Crippen LogP contribution in [-0.2, 0) is 12.8 Å². The summed E-state index contributed by atoms with van der Waals surface area (Å²) < 4.78 is 5.56. The maximum absolute atomic E-state index is 5.56. The van der Waals surface area contributed by atoms with Crippen molar-refractivity contribution in [1.82, 2.24) is 10.2 Å². The summed E-state index contributed by atoms with van der Waals surface area (Å²) in [6.45, 7) is 6.73. The van der Waals surface area contributed by atoms with E-state index in [1.54, 1.807) is 0 Å². The number of ether oxygens (including phenoxy) is 1. The highest BCUT2D eigenvalue weighted by Crippen LogP contribution is 2.26. The molecule has 0 bridgehead atoms. The zero-order valence-corrected chi connectivity index (χ0v) is 12.7. The predicted octanol–water partition coefficient (Wildman–Crippen LogP) is 2.09. The molecule has 1 aromatic rings. The molecular weight excluding hydrogens is 248 g/mol. The van der Waals surface area contributed by atoms with Crippen molar-refractivity contribution in [2.24, 2.45) is 5.92 Å². The molecular formula is C17H26N2O. The molecule has 2 aliphatic rings. The first kappa shape index (κ1) is 13.9. The molecule has 1 N–H and O–H groups in total. The molecule has 3 rings (SSSR count). The van der Waals surface area contributed by atoms with E-state index in [0.717, 1.165) is 37.7 Å². The van der Waals surface area contributed by atoms with Gasteiger partial charge < -0.3 is 15.0 Å². The van der Waals surface area contributed by atoms with E-state index in [4.69, 9.17) is 4.74 Å². The van der Waals surface area contributed by atoms with Crippen LogP contribution in [-0.4, -0.2) is 44.2 Å². The Kier molecular flexibility index (Phi) is 4.27. The van der Waals surface area contributed by atoms with Crippen molar-refractivity contribution in [3.63, 3.8) is 0 Å². The van der Waals surface area contributed by atoms with Crippen LogP contribution in [0.3, 0.4) is 0 Å². The Morgan fingerprint density at radius 3 is 3.15 bits per heavy atom. The van der Waals surface area contributed by atoms with Gasteiger partial charge in [0.15, 0.2) is 0 Å². The van der Waals surface area contributed by atoms with Gasteiger partial charge in [0.2, 0.25) is 0 Å². The van der Waals surface area contributed by atoms with Crippen LogP contribution in [0.4, 0.5) is 0 Å². The molecule has 1 aromatic carbocycles. The monoisotopic (exact) mass is 274 g/mol. The fourth-order valence-corrected chi connectivity index (χ4v) is 3.45. The molecule has 0 aliphatic carbocycles. The Bertz CT molecular complexity index is 460. The first-order chi connectivity index (χ1) is 9.72. The number of rotatable bonds is 4. The van der Waals surface area contributed by atoms with Gasteiger partial charge in [-0.2, -0.15) is 0 Å². The van der Waals surface area contributed by atoms with E-state index in [0.29, 0.717) is 6.04 Å². The van der Waals surface area contributed by atoms with Crippen LogP contribution in [0.25, 0.3) is 0 Å². The minimum Gasteiger partial charge on any atom is -0.493 e. The standard InChI is InChI=1S/C17H26N2O/c1-13-12-19(2)9-6-16(13)18-8-5-14-3-4-17-15(11-14)7-10-20-17/h3-4,11,13,16,18H,5-10,12H2,1-2H3. The fraction of sp³-hybridized carbons (Fsp3) is 0.647. The average Bonchev–Trinajstić information content (AvgIpc) is 2.89. The lowest BCUT2D eigenvalue weighted by Crippen LogP contribution is -2.47. The third kappa shape index (κ3) is 3.15. The lowest BCUT2D eigenvalue weighted by molar-refractivity contribution is 0.176. The van der Waals surface area contributed by atoms with Crippen molar-refractivity contribution in [3.05, 3.63) is 29.3 Å². The number of piperidine rings is 1. The van der Waals surface area contributed by atoms with Gasteiger partial charge in [-0.25, -0.2) is 0 Å². The van der Waals surface area contributed by atoms with E-state index < -0.39 is 0 Å². The highest BCUT2D eigenvalue weighted by atomic mass is 16.5. The van der Waals surface area contributed by atoms with Gasteiger partial charge in [-0.1, -0.05) is 19.1 Å². The van der Waals surface area contributed by atoms with Gasteiger partial charge in [0.05, 0.1) is 6.61 Å². The van der Waals surface area contributed by atoms with Gasteiger partial charge in [0.1, 0.15) is 5.75 Å². The summed E-state index contributed by atoms with van der Waals surface area (Å²) in [4.78, 5) is 2.43. The summed E-state index contributed by atoms with van der Waals surface area (Å²) >= 11 is 0. The molecule has 3 heteroatoms. The summed E-state index contributed by atoms with van der Waals surface area (Å²) in [7, 11) is 2.22. The van der Waals surface area contributed by atoms with Crippen molar-refractivity contribution < 1.29 is 4.74 Å². The number of hydrogen-bond donors (Lipinski definition) is 1. The summed E-state index contributed by atoms with van der Waals surface area (Å²) in [6.07, 6.45) is 3.46. The van der Waals surface area contributed by atoms with Crippen LogP contribution in [0.15, 0.2) is 18.2 Å². The predicted molar refractivity (Wildman–Crippen MR) is 82.4 cm³/mol. The normalized spacial score (nSPS) is 26.3. The van der Waals surface area contributed by atoms with Crippen molar-refractivity contribution in [2.75, 3.05) is 33.3 Å². The quantitative estimate of drug-likeness (QED) is 0.910. The van der Waals surface area contributed by atoms with E-state index in [1.807, 2.05) is 0 Å². The molecule has 2 unspecified atom stereocenters. The van der Waals surface area contributed by atoms with Crippen LogP contribution in [0.2, 0.25) is 0 Å². The molecule has 1 saturated heterocycles. The first-order valence-corrected chi connectivity index (χ1v) is 7.89. The van der Waals surface area contributed by atoms with Gasteiger partial charge in [0, 0.05) is 19.0 Å². The zero-order valence-electron chi connectivity index (χ0n) is 12.7. The maximum Gasteiger partial charge on any atom is 0.122 e. The van der Waals surface area contributed by atoms with Crippen molar-refractivity contribution >= 4 is 0 Å². The second-order valence-electron chi connectivity index (χ2n) is 6.38. The third-order valence-electron chi connectivity index (χ3n) is 4.68. The highest BCUT2D eigenvalue weighted by molar-refractivity contribution is 5.39. The number of fused-ring (bicyclic) bond motifs is 1. The van der Waals surface area contributed by atoms with Crippen LogP contribution < -0.4 is 10.1 Å². The molecule has 110 valence electrons. The Morgan fingerprint density at radius 2 is 2.30 bits per heavy atom. The number of nitrogens with zero attached hydrogens (tertiary/aromatic N) is 1. The van der Waals surface area contributed by atoms with Crippen LogP contribution in [0.1, 0.15) is 24.5 Å². The van der Waals surface area contributed by atoms with Crippen LogP contribution >= 0.6 is 0 Å². The number of benzene rings is 1. The maximum atomic E-state index is 5.56. The van der Waals surface area contributed by atoms with Crippen LogP contribution in [0, 0.1) is 5.92 Å². The zero-order chi connectivity index (χ0) is 13.9. The minimum atomic E-state index is 0.684. The molecule has 1 fully saturated rings. The van der Waals surface area contributed by atoms with E-state index in [-0.39, 0.29) is 0 Å². The molecule has 2 atom stereocenters. The third-order valence-corrected chi connectivity index (χ3v) is 4.68. The lowest BCUT2D eigenvalue weighted by Gasteiger charge is -2.35. The summed E-state index contributed by atoms with van der Waals surface area (Å²) in [5.74, 6) is 1.84. The van der Waals surface area contributed by atoms with Crippen molar-refractivity contribution in [2.45, 2.75) is 32.2 Å². The van der Waals surface area contributed by atoms with Gasteiger partial charge >= 0.3 is 0 Å². The smallest absolute Gasteiger partial charge is 0.122 e. The molecule has 3 nitrogen and oxygen atoms in total. The molecule has 0 radical (unpaired) electrons. The Morgan fingerprint density at radius 1 is 1.40 bits per heavy atom. The van der Waals surface area contributed by atoms with Gasteiger partial charge in [-0.15, -0.1) is 0 Å². The second-order valence-corrected chi connectivity index (χ2v) is 6.38. The molecule has 0 spiro atoms. The first-order valence-electron chi connectivity index (χ1n) is 7.89. The Hall–Kier alpha value is -1.06.